The summed E-state index contributed by atoms with van der Waals surface area (Å²) in [6.45, 7) is 6.07. The van der Waals surface area contributed by atoms with Crippen LogP contribution >= 0.6 is 11.6 Å². The highest BCUT2D eigenvalue weighted by atomic mass is 35.5. The maximum Gasteiger partial charge on any atom is 0.122 e. The Bertz CT molecular complexity index is 392. The van der Waals surface area contributed by atoms with E-state index in [4.69, 9.17) is 27.8 Å². The van der Waals surface area contributed by atoms with E-state index in [9.17, 15) is 0 Å². The van der Waals surface area contributed by atoms with Crippen LogP contribution in [-0.2, 0) is 6.42 Å². The molecule has 4 N–H and O–H groups in total. The molecular weight excluding hydrogens is 260 g/mol. The second-order valence-corrected chi connectivity index (χ2v) is 5.34. The number of benzene rings is 1. The van der Waals surface area contributed by atoms with Gasteiger partial charge in [0.05, 0.1) is 6.61 Å². The van der Waals surface area contributed by atoms with E-state index in [-0.39, 0.29) is 0 Å². The summed E-state index contributed by atoms with van der Waals surface area (Å²) < 4.78 is 5.80. The topological polar surface area (TPSA) is 61.3 Å². The Morgan fingerprint density at radius 3 is 2.53 bits per heavy atom. The highest BCUT2D eigenvalue weighted by molar-refractivity contribution is 6.31. The quantitative estimate of drug-likeness (QED) is 0.772. The minimum Gasteiger partial charge on any atom is -0.493 e. The van der Waals surface area contributed by atoms with E-state index in [1.165, 1.54) is 0 Å². The minimum atomic E-state index is 0.360. The molecule has 0 fully saturated rings. The number of hydrogen-bond donors (Lipinski definition) is 2. The van der Waals surface area contributed by atoms with Gasteiger partial charge in [0, 0.05) is 5.02 Å². The first-order valence-corrected chi connectivity index (χ1v) is 7.32. The number of hydrogen-bond acceptors (Lipinski definition) is 3. The van der Waals surface area contributed by atoms with Crippen molar-refractivity contribution in [2.75, 3.05) is 19.7 Å². The number of halogens is 1. The third-order valence-corrected chi connectivity index (χ3v) is 3.70. The van der Waals surface area contributed by atoms with E-state index < -0.39 is 0 Å². The molecule has 0 unspecified atom stereocenters. The molecule has 0 heterocycles. The molecule has 3 nitrogen and oxygen atoms in total. The van der Waals surface area contributed by atoms with Crippen molar-refractivity contribution < 1.29 is 4.74 Å². The fraction of sp³-hybridized carbons (Fsp3) is 0.600. The molecule has 0 spiro atoms. The lowest BCUT2D eigenvalue weighted by molar-refractivity contribution is 0.313. The van der Waals surface area contributed by atoms with Crippen LogP contribution in [0.25, 0.3) is 0 Å². The monoisotopic (exact) mass is 284 g/mol. The molecule has 4 heteroatoms. The van der Waals surface area contributed by atoms with Gasteiger partial charge in [-0.2, -0.15) is 0 Å². The summed E-state index contributed by atoms with van der Waals surface area (Å²) in [5.74, 6) is 1.30. The van der Waals surface area contributed by atoms with Gasteiger partial charge in [-0.1, -0.05) is 18.5 Å². The van der Waals surface area contributed by atoms with Crippen LogP contribution in [0, 0.1) is 12.8 Å². The molecule has 0 radical (unpaired) electrons. The highest BCUT2D eigenvalue weighted by Gasteiger charge is 2.11. The van der Waals surface area contributed by atoms with Crippen LogP contribution in [0.2, 0.25) is 5.02 Å². The van der Waals surface area contributed by atoms with Crippen molar-refractivity contribution in [3.05, 3.63) is 28.3 Å². The Morgan fingerprint density at radius 1 is 1.26 bits per heavy atom. The van der Waals surface area contributed by atoms with Gasteiger partial charge < -0.3 is 16.2 Å². The van der Waals surface area contributed by atoms with Gasteiger partial charge in [0.1, 0.15) is 5.75 Å². The number of aryl methyl sites for hydroxylation is 2. The van der Waals surface area contributed by atoms with Crippen molar-refractivity contribution in [1.29, 1.82) is 0 Å². The SMILES string of the molecule is CCCOc1cc(C)c(Cl)cc1CCC(CN)CN. The van der Waals surface area contributed by atoms with Crippen molar-refractivity contribution in [2.24, 2.45) is 17.4 Å². The average Bonchev–Trinajstić information content (AvgIpc) is 2.41. The van der Waals surface area contributed by atoms with Gasteiger partial charge in [0.25, 0.3) is 0 Å². The first kappa shape index (κ1) is 16.3. The van der Waals surface area contributed by atoms with E-state index in [1.807, 2.05) is 19.1 Å². The van der Waals surface area contributed by atoms with E-state index in [1.54, 1.807) is 0 Å². The van der Waals surface area contributed by atoms with Gasteiger partial charge in [-0.3, -0.25) is 0 Å². The predicted molar refractivity (Wildman–Crippen MR) is 81.9 cm³/mol. The summed E-state index contributed by atoms with van der Waals surface area (Å²) in [4.78, 5) is 0. The molecule has 0 amide bonds. The van der Waals surface area contributed by atoms with Gasteiger partial charge in [-0.05, 0) is 68.5 Å². The van der Waals surface area contributed by atoms with Gasteiger partial charge in [-0.25, -0.2) is 0 Å². The van der Waals surface area contributed by atoms with Gasteiger partial charge in [-0.15, -0.1) is 0 Å². The maximum absolute atomic E-state index is 6.20. The molecule has 0 aliphatic heterocycles. The smallest absolute Gasteiger partial charge is 0.122 e. The molecule has 0 saturated carbocycles. The Morgan fingerprint density at radius 2 is 1.95 bits per heavy atom. The fourth-order valence-electron chi connectivity index (χ4n) is 1.93. The second-order valence-electron chi connectivity index (χ2n) is 4.93. The van der Waals surface area contributed by atoms with E-state index in [0.29, 0.717) is 19.0 Å². The average molecular weight is 285 g/mol. The van der Waals surface area contributed by atoms with Gasteiger partial charge in [0.15, 0.2) is 0 Å². The Hall–Kier alpha value is -0.770. The molecule has 1 aromatic rings. The summed E-state index contributed by atoms with van der Waals surface area (Å²) in [5.41, 5.74) is 13.6. The summed E-state index contributed by atoms with van der Waals surface area (Å²) >= 11 is 6.20. The van der Waals surface area contributed by atoms with Gasteiger partial charge in [0.2, 0.25) is 0 Å². The third kappa shape index (κ3) is 5.01. The summed E-state index contributed by atoms with van der Waals surface area (Å²) in [6.07, 6.45) is 2.86. The zero-order valence-corrected chi connectivity index (χ0v) is 12.7. The van der Waals surface area contributed by atoms with Crippen LogP contribution in [0.1, 0.15) is 30.9 Å². The Balaban J connectivity index is 2.81. The molecule has 19 heavy (non-hydrogen) atoms. The van der Waals surface area contributed by atoms with E-state index in [2.05, 4.69) is 6.92 Å². The lowest BCUT2D eigenvalue weighted by atomic mass is 9.98. The number of ether oxygens (including phenoxy) is 1. The zero-order valence-electron chi connectivity index (χ0n) is 11.9. The van der Waals surface area contributed by atoms with Crippen LogP contribution < -0.4 is 16.2 Å². The van der Waals surface area contributed by atoms with Crippen molar-refractivity contribution in [1.82, 2.24) is 0 Å². The summed E-state index contributed by atoms with van der Waals surface area (Å²) in [7, 11) is 0. The first-order valence-electron chi connectivity index (χ1n) is 6.94. The predicted octanol–water partition coefficient (Wildman–Crippen LogP) is 2.90. The molecule has 0 aromatic heterocycles. The largest absolute Gasteiger partial charge is 0.493 e. The molecule has 0 aliphatic rings. The molecule has 0 atom stereocenters. The number of nitrogens with two attached hydrogens (primary N) is 2. The normalized spacial score (nSPS) is 11.1. The zero-order chi connectivity index (χ0) is 14.3. The molecule has 0 saturated heterocycles. The molecular formula is C15H25ClN2O. The summed E-state index contributed by atoms with van der Waals surface area (Å²) in [5, 5.41) is 0.788. The minimum absolute atomic E-state index is 0.360. The van der Waals surface area contributed by atoms with Crippen LogP contribution in [0.4, 0.5) is 0 Å². The number of rotatable bonds is 8. The van der Waals surface area contributed by atoms with Gasteiger partial charge >= 0.3 is 0 Å². The second kappa shape index (κ2) is 8.41. The lowest BCUT2D eigenvalue weighted by Gasteiger charge is -2.16. The van der Waals surface area contributed by atoms with E-state index in [0.717, 1.165) is 47.8 Å². The Kier molecular flexibility index (Phi) is 7.21. The standard InChI is InChI=1S/C15H25ClN2O/c1-3-6-19-15-7-11(2)14(16)8-13(15)5-4-12(9-17)10-18/h7-8,12H,3-6,9-10,17-18H2,1-2H3. The van der Waals surface area contributed by atoms with Crippen molar-refractivity contribution >= 4 is 11.6 Å². The van der Waals surface area contributed by atoms with Crippen molar-refractivity contribution in [2.45, 2.75) is 33.1 Å². The maximum atomic E-state index is 6.20. The van der Waals surface area contributed by atoms with Crippen molar-refractivity contribution in [3.63, 3.8) is 0 Å². The van der Waals surface area contributed by atoms with Crippen LogP contribution in [0.5, 0.6) is 5.75 Å². The molecule has 0 aliphatic carbocycles. The van der Waals surface area contributed by atoms with Crippen LogP contribution in [0.15, 0.2) is 12.1 Å². The van der Waals surface area contributed by atoms with Crippen LogP contribution in [0.3, 0.4) is 0 Å². The fourth-order valence-corrected chi connectivity index (χ4v) is 2.12. The Labute approximate surface area is 121 Å². The highest BCUT2D eigenvalue weighted by Crippen LogP contribution is 2.28. The lowest BCUT2D eigenvalue weighted by Crippen LogP contribution is -2.23. The molecule has 1 aromatic carbocycles. The molecule has 1 rings (SSSR count). The third-order valence-electron chi connectivity index (χ3n) is 3.29. The van der Waals surface area contributed by atoms with Crippen molar-refractivity contribution in [3.8, 4) is 5.75 Å². The summed E-state index contributed by atoms with van der Waals surface area (Å²) in [6, 6.07) is 4.03. The molecule has 0 bridgehead atoms. The van der Waals surface area contributed by atoms with Crippen LogP contribution in [-0.4, -0.2) is 19.7 Å². The molecule has 108 valence electrons. The first-order chi connectivity index (χ1) is 9.12. The van der Waals surface area contributed by atoms with E-state index >= 15 is 0 Å².